The van der Waals surface area contributed by atoms with Crippen LogP contribution in [0, 0.1) is 0 Å². The first kappa shape index (κ1) is 83.3. The molecule has 0 rings (SSSR count). The van der Waals surface area contributed by atoms with Gasteiger partial charge in [-0.05, 0) is 57.8 Å². The Bertz CT molecular complexity index is 1330. The van der Waals surface area contributed by atoms with Gasteiger partial charge in [0, 0.05) is 12.8 Å². The van der Waals surface area contributed by atoms with Gasteiger partial charge in [0.25, 0.3) is 0 Å². The standard InChI is InChI=1S/C79H153NO5/c1-3-5-7-9-11-13-15-17-19-20-38-42-45-49-53-57-61-65-69-73-79(84)85-74-70-66-62-58-54-50-46-43-40-37-35-33-31-29-27-25-23-21-22-24-26-28-30-32-34-36-39-41-44-48-52-56-60-64-68-72-78(83)80-76(75-81)77(82)71-67-63-59-55-51-47-18-16-14-12-10-8-6-4-2/h23,25,67,71,76-77,81-82H,3-22,24,26-66,68-70,72-75H2,1-2H3,(H,80,83)/b25-23-,71-67+. The molecule has 0 saturated heterocycles. The van der Waals surface area contributed by atoms with E-state index in [1.165, 1.54) is 379 Å². The fourth-order valence-corrected chi connectivity index (χ4v) is 12.5. The molecule has 1 amide bonds. The Morgan fingerprint density at radius 3 is 0.835 bits per heavy atom. The molecule has 0 radical (unpaired) electrons. The molecular formula is C79H153NO5. The summed E-state index contributed by atoms with van der Waals surface area (Å²) in [6.45, 7) is 4.95. The van der Waals surface area contributed by atoms with E-state index in [-0.39, 0.29) is 18.5 Å². The van der Waals surface area contributed by atoms with Crippen LogP contribution in [-0.4, -0.2) is 47.4 Å². The van der Waals surface area contributed by atoms with Crippen molar-refractivity contribution in [2.45, 2.75) is 456 Å². The van der Waals surface area contributed by atoms with E-state index in [9.17, 15) is 19.8 Å². The molecule has 85 heavy (non-hydrogen) atoms. The van der Waals surface area contributed by atoms with E-state index in [2.05, 4.69) is 31.3 Å². The van der Waals surface area contributed by atoms with Gasteiger partial charge in [-0.25, -0.2) is 0 Å². The Labute approximate surface area is 532 Å². The molecule has 6 nitrogen and oxygen atoms in total. The molecule has 0 aromatic rings. The number of rotatable bonds is 74. The second kappa shape index (κ2) is 74.8. The van der Waals surface area contributed by atoms with Crippen LogP contribution in [0.3, 0.4) is 0 Å². The Kier molecular flexibility index (Phi) is 73.3. The molecule has 2 unspecified atom stereocenters. The quantitative estimate of drug-likeness (QED) is 0.0320. The molecule has 0 bridgehead atoms. The van der Waals surface area contributed by atoms with Gasteiger partial charge in [0.05, 0.1) is 25.4 Å². The molecule has 0 aliphatic heterocycles. The Morgan fingerprint density at radius 2 is 0.553 bits per heavy atom. The number of hydrogen-bond acceptors (Lipinski definition) is 5. The third kappa shape index (κ3) is 71.3. The summed E-state index contributed by atoms with van der Waals surface area (Å²) in [6.07, 6.45) is 95.9. The highest BCUT2D eigenvalue weighted by Gasteiger charge is 2.18. The minimum Gasteiger partial charge on any atom is -0.466 e. The second-order valence-electron chi connectivity index (χ2n) is 27.0. The van der Waals surface area contributed by atoms with E-state index in [4.69, 9.17) is 4.74 Å². The first-order valence-corrected chi connectivity index (χ1v) is 39.1. The lowest BCUT2D eigenvalue weighted by Gasteiger charge is -2.20. The fraction of sp³-hybridized carbons (Fsp3) is 0.924. The predicted molar refractivity (Wildman–Crippen MR) is 375 cm³/mol. The van der Waals surface area contributed by atoms with Gasteiger partial charge in [0.1, 0.15) is 0 Å². The Hall–Kier alpha value is -1.66. The van der Waals surface area contributed by atoms with E-state index in [0.717, 1.165) is 38.5 Å². The molecule has 0 spiro atoms. The van der Waals surface area contributed by atoms with Crippen LogP contribution in [0.25, 0.3) is 0 Å². The SMILES string of the molecule is CCCCCCCCCCCCCC/C=C/C(O)C(CO)NC(=O)CCCCCCCCCCCCCCCCCCC/C=C\CCCCCCCCCCCCCCCCOC(=O)CCCCCCCCCCCCCCCCCCCCC. The number of ether oxygens (including phenoxy) is 1. The molecular weight excluding hydrogens is 1040 g/mol. The smallest absolute Gasteiger partial charge is 0.305 e. The first-order valence-electron chi connectivity index (χ1n) is 39.1. The zero-order valence-electron chi connectivity index (χ0n) is 57.9. The van der Waals surface area contributed by atoms with Crippen LogP contribution in [0.15, 0.2) is 24.3 Å². The molecule has 3 N–H and O–H groups in total. The number of carbonyl (C=O) groups is 2. The molecule has 0 heterocycles. The number of hydrogen-bond donors (Lipinski definition) is 3. The molecule has 0 fully saturated rings. The maximum Gasteiger partial charge on any atom is 0.305 e. The number of amides is 1. The lowest BCUT2D eigenvalue weighted by atomic mass is 10.0. The zero-order valence-corrected chi connectivity index (χ0v) is 57.9. The van der Waals surface area contributed by atoms with Gasteiger partial charge in [-0.3, -0.25) is 9.59 Å². The third-order valence-electron chi connectivity index (χ3n) is 18.5. The van der Waals surface area contributed by atoms with E-state index < -0.39 is 12.1 Å². The van der Waals surface area contributed by atoms with Crippen molar-refractivity contribution >= 4 is 11.9 Å². The van der Waals surface area contributed by atoms with Crippen molar-refractivity contribution in [1.82, 2.24) is 5.32 Å². The third-order valence-corrected chi connectivity index (χ3v) is 18.5. The van der Waals surface area contributed by atoms with Crippen LogP contribution in [-0.2, 0) is 14.3 Å². The number of unbranched alkanes of at least 4 members (excludes halogenated alkanes) is 61. The van der Waals surface area contributed by atoms with Crippen molar-refractivity contribution in [3.8, 4) is 0 Å². The van der Waals surface area contributed by atoms with Crippen molar-refractivity contribution in [3.63, 3.8) is 0 Å². The molecule has 0 aliphatic rings. The minimum atomic E-state index is -0.841. The Morgan fingerprint density at radius 1 is 0.318 bits per heavy atom. The van der Waals surface area contributed by atoms with E-state index in [1.54, 1.807) is 6.08 Å². The van der Waals surface area contributed by atoms with Crippen molar-refractivity contribution < 1.29 is 24.5 Å². The molecule has 6 heteroatoms. The highest BCUT2D eigenvalue weighted by Crippen LogP contribution is 2.20. The number of carbonyl (C=O) groups excluding carboxylic acids is 2. The largest absolute Gasteiger partial charge is 0.466 e. The van der Waals surface area contributed by atoms with Crippen LogP contribution in [0.2, 0.25) is 0 Å². The zero-order chi connectivity index (χ0) is 61.3. The highest BCUT2D eigenvalue weighted by molar-refractivity contribution is 5.76. The molecule has 0 saturated carbocycles. The Balaban J connectivity index is 3.32. The summed E-state index contributed by atoms with van der Waals surface area (Å²) in [5, 5.41) is 23.2. The van der Waals surface area contributed by atoms with Crippen molar-refractivity contribution in [2.24, 2.45) is 0 Å². The summed E-state index contributed by atoms with van der Waals surface area (Å²) in [5.41, 5.74) is 0. The molecule has 0 aromatic heterocycles. The van der Waals surface area contributed by atoms with Gasteiger partial charge < -0.3 is 20.3 Å². The average Bonchev–Trinajstić information content (AvgIpc) is 3.51. The summed E-state index contributed by atoms with van der Waals surface area (Å²) >= 11 is 0. The van der Waals surface area contributed by atoms with Gasteiger partial charge >= 0.3 is 5.97 Å². The monoisotopic (exact) mass is 1200 g/mol. The minimum absolute atomic E-state index is 0.0257. The van der Waals surface area contributed by atoms with Gasteiger partial charge in [-0.2, -0.15) is 0 Å². The van der Waals surface area contributed by atoms with E-state index in [1.807, 2.05) is 6.08 Å². The molecule has 504 valence electrons. The fourth-order valence-electron chi connectivity index (χ4n) is 12.5. The average molecular weight is 1200 g/mol. The van der Waals surface area contributed by atoms with Crippen molar-refractivity contribution in [1.29, 1.82) is 0 Å². The summed E-state index contributed by atoms with van der Waals surface area (Å²) in [5.74, 6) is -0.0362. The van der Waals surface area contributed by atoms with Gasteiger partial charge in [0.15, 0.2) is 0 Å². The summed E-state index contributed by atoms with van der Waals surface area (Å²) in [4.78, 5) is 24.6. The lowest BCUT2D eigenvalue weighted by Crippen LogP contribution is -2.45. The van der Waals surface area contributed by atoms with Crippen LogP contribution in [0.4, 0.5) is 0 Å². The summed E-state index contributed by atoms with van der Waals surface area (Å²) in [7, 11) is 0. The maximum atomic E-state index is 12.5. The van der Waals surface area contributed by atoms with Crippen LogP contribution >= 0.6 is 0 Å². The summed E-state index contributed by atoms with van der Waals surface area (Å²) in [6, 6.07) is -0.624. The van der Waals surface area contributed by atoms with Crippen LogP contribution < -0.4 is 5.32 Å². The number of allylic oxidation sites excluding steroid dienone is 3. The van der Waals surface area contributed by atoms with E-state index in [0.29, 0.717) is 19.4 Å². The maximum absolute atomic E-state index is 12.5. The molecule has 2 atom stereocenters. The number of aliphatic hydroxyl groups excluding tert-OH is 2. The lowest BCUT2D eigenvalue weighted by molar-refractivity contribution is -0.143. The van der Waals surface area contributed by atoms with Gasteiger partial charge in [-0.1, -0.05) is 398 Å². The number of aliphatic hydroxyl groups is 2. The van der Waals surface area contributed by atoms with E-state index >= 15 is 0 Å². The normalized spacial score (nSPS) is 12.6. The molecule has 0 aromatic carbocycles. The second-order valence-corrected chi connectivity index (χ2v) is 27.0. The van der Waals surface area contributed by atoms with Crippen molar-refractivity contribution in [3.05, 3.63) is 24.3 Å². The number of esters is 1. The molecule has 0 aliphatic carbocycles. The van der Waals surface area contributed by atoms with Crippen molar-refractivity contribution in [2.75, 3.05) is 13.2 Å². The van der Waals surface area contributed by atoms with Crippen LogP contribution in [0.5, 0.6) is 0 Å². The number of nitrogens with one attached hydrogen (secondary N) is 1. The highest BCUT2D eigenvalue weighted by atomic mass is 16.5. The van der Waals surface area contributed by atoms with Gasteiger partial charge in [0.2, 0.25) is 5.91 Å². The van der Waals surface area contributed by atoms with Crippen LogP contribution in [0.1, 0.15) is 444 Å². The van der Waals surface area contributed by atoms with Gasteiger partial charge in [-0.15, -0.1) is 0 Å². The first-order chi connectivity index (χ1) is 42.0. The predicted octanol–water partition coefficient (Wildman–Crippen LogP) is 25.7. The topological polar surface area (TPSA) is 95.9 Å². The summed E-state index contributed by atoms with van der Waals surface area (Å²) < 4.78 is 5.52.